The molecule has 0 atom stereocenters. The van der Waals surface area contributed by atoms with Crippen molar-refractivity contribution in [2.75, 3.05) is 11.4 Å². The Morgan fingerprint density at radius 2 is 1.59 bits per heavy atom. The lowest BCUT2D eigenvalue weighted by molar-refractivity contribution is 0.0473. The molecule has 3 aromatic carbocycles. The highest BCUT2D eigenvalue weighted by Crippen LogP contribution is 2.24. The topological polar surface area (TPSA) is 93.9 Å². The van der Waals surface area contributed by atoms with Crippen LogP contribution in [0.4, 0.5) is 5.69 Å². The molecule has 0 amide bonds. The number of fused-ring (bicyclic) bond motifs is 1. The Morgan fingerprint density at radius 1 is 0.941 bits per heavy atom. The third-order valence-corrected chi connectivity index (χ3v) is 7.47. The van der Waals surface area contributed by atoms with E-state index in [1.54, 1.807) is 36.4 Å². The van der Waals surface area contributed by atoms with E-state index in [4.69, 9.17) is 9.15 Å². The van der Waals surface area contributed by atoms with Crippen LogP contribution < -0.4 is 9.93 Å². The smallest absolute Gasteiger partial charge is 0.338 e. The molecule has 0 fully saturated rings. The number of ether oxygens (including phenoxy) is 1. The summed E-state index contributed by atoms with van der Waals surface area (Å²) in [6, 6.07) is 19.2. The summed E-state index contributed by atoms with van der Waals surface area (Å²) in [5.41, 5.74) is 3.16. The zero-order valence-electron chi connectivity index (χ0n) is 18.9. The van der Waals surface area contributed by atoms with Crippen molar-refractivity contribution in [3.05, 3.63) is 105 Å². The monoisotopic (exact) mass is 477 g/mol. The van der Waals surface area contributed by atoms with Crippen LogP contribution in [-0.4, -0.2) is 21.4 Å². The molecule has 1 heterocycles. The number of carbonyl (C=O) groups excluding carboxylic acids is 1. The van der Waals surface area contributed by atoms with Crippen molar-refractivity contribution in [2.45, 2.75) is 25.3 Å². The van der Waals surface area contributed by atoms with E-state index in [0.717, 1.165) is 11.1 Å². The lowest BCUT2D eigenvalue weighted by Crippen LogP contribution is -2.26. The fourth-order valence-corrected chi connectivity index (χ4v) is 4.72. The predicted octanol–water partition coefficient (Wildman–Crippen LogP) is 4.59. The van der Waals surface area contributed by atoms with Crippen LogP contribution in [0, 0.1) is 13.8 Å². The van der Waals surface area contributed by atoms with E-state index in [9.17, 15) is 18.0 Å². The van der Waals surface area contributed by atoms with Crippen LogP contribution in [0.3, 0.4) is 0 Å². The first-order valence-electron chi connectivity index (χ1n) is 10.5. The zero-order chi connectivity index (χ0) is 24.5. The number of nitrogens with zero attached hydrogens (tertiary/aromatic N) is 1. The van der Waals surface area contributed by atoms with Crippen LogP contribution in [-0.2, 0) is 21.4 Å². The van der Waals surface area contributed by atoms with Crippen molar-refractivity contribution in [1.29, 1.82) is 0 Å². The zero-order valence-corrected chi connectivity index (χ0v) is 19.8. The standard InChI is InChI=1S/C26H23NO6S/c1-17-13-23-20(15-25(28)33-24(23)14-18(17)2)16-32-26(29)19-9-11-22(12-10-19)34(30,31)27(3)21-7-5-4-6-8-21/h4-15H,16H2,1-3H3. The predicted molar refractivity (Wildman–Crippen MR) is 130 cm³/mol. The van der Waals surface area contributed by atoms with E-state index in [-0.39, 0.29) is 17.1 Å². The minimum atomic E-state index is -3.79. The molecule has 0 spiro atoms. The summed E-state index contributed by atoms with van der Waals surface area (Å²) < 4.78 is 37.7. The molecule has 34 heavy (non-hydrogen) atoms. The first kappa shape index (κ1) is 23.3. The molecule has 0 saturated carbocycles. The number of hydrogen-bond donors (Lipinski definition) is 0. The molecule has 0 aliphatic carbocycles. The first-order chi connectivity index (χ1) is 16.2. The summed E-state index contributed by atoms with van der Waals surface area (Å²) in [6.45, 7) is 3.74. The molecule has 0 unspecified atom stereocenters. The SMILES string of the molecule is Cc1cc2oc(=O)cc(COC(=O)c3ccc(S(=O)(=O)N(C)c4ccccc4)cc3)c2cc1C. The Morgan fingerprint density at radius 3 is 2.26 bits per heavy atom. The third kappa shape index (κ3) is 4.58. The largest absolute Gasteiger partial charge is 0.457 e. The number of para-hydroxylation sites is 1. The van der Waals surface area contributed by atoms with Gasteiger partial charge in [0, 0.05) is 24.1 Å². The number of benzene rings is 3. The molecule has 0 aliphatic rings. The lowest BCUT2D eigenvalue weighted by atomic mass is 10.0. The second kappa shape index (κ2) is 9.15. The van der Waals surface area contributed by atoms with Gasteiger partial charge in [0.1, 0.15) is 12.2 Å². The Kier molecular flexibility index (Phi) is 6.26. The summed E-state index contributed by atoms with van der Waals surface area (Å²) in [7, 11) is -2.32. The van der Waals surface area contributed by atoms with Gasteiger partial charge in [-0.1, -0.05) is 18.2 Å². The number of hydrogen-bond acceptors (Lipinski definition) is 6. The number of aryl methyl sites for hydroxylation is 2. The van der Waals surface area contributed by atoms with Gasteiger partial charge in [0.05, 0.1) is 16.1 Å². The van der Waals surface area contributed by atoms with Crippen molar-refractivity contribution in [2.24, 2.45) is 0 Å². The Bertz CT molecular complexity index is 1520. The van der Waals surface area contributed by atoms with Crippen molar-refractivity contribution in [3.63, 3.8) is 0 Å². The van der Waals surface area contributed by atoms with Crippen LogP contribution in [0.15, 0.2) is 86.9 Å². The number of sulfonamides is 1. The van der Waals surface area contributed by atoms with Gasteiger partial charge in [0.15, 0.2) is 0 Å². The molecule has 0 aliphatic heterocycles. The van der Waals surface area contributed by atoms with Gasteiger partial charge in [-0.25, -0.2) is 18.0 Å². The summed E-state index contributed by atoms with van der Waals surface area (Å²) in [5, 5.41) is 0.695. The molecule has 0 saturated heterocycles. The quantitative estimate of drug-likeness (QED) is 0.298. The number of carbonyl (C=O) groups is 1. The van der Waals surface area contributed by atoms with E-state index < -0.39 is 21.6 Å². The van der Waals surface area contributed by atoms with Crippen molar-refractivity contribution >= 4 is 32.6 Å². The van der Waals surface area contributed by atoms with Crippen LogP contribution >= 0.6 is 0 Å². The van der Waals surface area contributed by atoms with Gasteiger partial charge in [-0.15, -0.1) is 0 Å². The maximum absolute atomic E-state index is 12.9. The number of rotatable bonds is 6. The minimum Gasteiger partial charge on any atom is -0.457 e. The first-order valence-corrected chi connectivity index (χ1v) is 12.0. The lowest BCUT2D eigenvalue weighted by Gasteiger charge is -2.19. The fraction of sp³-hybridized carbons (Fsp3) is 0.154. The van der Waals surface area contributed by atoms with Gasteiger partial charge in [-0.2, -0.15) is 0 Å². The second-order valence-electron chi connectivity index (χ2n) is 7.93. The fourth-order valence-electron chi connectivity index (χ4n) is 3.53. The second-order valence-corrected chi connectivity index (χ2v) is 9.90. The van der Waals surface area contributed by atoms with Gasteiger partial charge in [-0.05, 0) is 73.5 Å². The van der Waals surface area contributed by atoms with Crippen LogP contribution in [0.1, 0.15) is 27.0 Å². The number of esters is 1. The van der Waals surface area contributed by atoms with Gasteiger partial charge in [-0.3, -0.25) is 4.31 Å². The average molecular weight is 478 g/mol. The van der Waals surface area contributed by atoms with Crippen molar-refractivity contribution in [3.8, 4) is 0 Å². The van der Waals surface area contributed by atoms with Crippen LogP contribution in [0.2, 0.25) is 0 Å². The van der Waals surface area contributed by atoms with Gasteiger partial charge in [0.2, 0.25) is 0 Å². The third-order valence-electron chi connectivity index (χ3n) is 5.67. The molecule has 0 bridgehead atoms. The molecule has 174 valence electrons. The highest BCUT2D eigenvalue weighted by Gasteiger charge is 2.22. The van der Waals surface area contributed by atoms with Crippen LogP contribution in [0.5, 0.6) is 0 Å². The van der Waals surface area contributed by atoms with Gasteiger partial charge >= 0.3 is 11.6 Å². The highest BCUT2D eigenvalue weighted by molar-refractivity contribution is 7.92. The van der Waals surface area contributed by atoms with E-state index in [1.807, 2.05) is 19.9 Å². The maximum atomic E-state index is 12.9. The maximum Gasteiger partial charge on any atom is 0.338 e. The van der Waals surface area contributed by atoms with Crippen molar-refractivity contribution < 1.29 is 22.4 Å². The molecule has 4 rings (SSSR count). The molecule has 0 radical (unpaired) electrons. The van der Waals surface area contributed by atoms with Crippen LogP contribution in [0.25, 0.3) is 11.0 Å². The van der Waals surface area contributed by atoms with Gasteiger partial charge < -0.3 is 9.15 Å². The molecule has 1 aromatic heterocycles. The summed E-state index contributed by atoms with van der Waals surface area (Å²) >= 11 is 0. The average Bonchev–Trinajstić information content (AvgIpc) is 2.83. The molecule has 8 heteroatoms. The summed E-state index contributed by atoms with van der Waals surface area (Å²) in [5.74, 6) is -0.634. The van der Waals surface area contributed by atoms with E-state index in [2.05, 4.69) is 0 Å². The van der Waals surface area contributed by atoms with E-state index in [0.29, 0.717) is 22.2 Å². The van der Waals surface area contributed by atoms with Gasteiger partial charge in [0.25, 0.3) is 10.0 Å². The minimum absolute atomic E-state index is 0.0490. The van der Waals surface area contributed by atoms with Crippen molar-refractivity contribution in [1.82, 2.24) is 0 Å². The molecule has 4 aromatic rings. The highest BCUT2D eigenvalue weighted by atomic mass is 32.2. The molecular weight excluding hydrogens is 454 g/mol. The summed E-state index contributed by atoms with van der Waals surface area (Å²) in [6.07, 6.45) is 0. The molecule has 0 N–H and O–H groups in total. The number of anilines is 1. The van der Waals surface area contributed by atoms with E-state index >= 15 is 0 Å². The Balaban J connectivity index is 1.52. The summed E-state index contributed by atoms with van der Waals surface area (Å²) in [4.78, 5) is 24.6. The Labute approximate surface area is 197 Å². The van der Waals surface area contributed by atoms with E-state index in [1.165, 1.54) is 41.7 Å². The molecular formula is C26H23NO6S. The Hall–Kier alpha value is -3.91. The molecule has 7 nitrogen and oxygen atoms in total. The normalized spacial score (nSPS) is 11.4.